The van der Waals surface area contributed by atoms with Gasteiger partial charge in [0.05, 0.1) is 22.9 Å². The highest BCUT2D eigenvalue weighted by atomic mass is 32.2. The van der Waals surface area contributed by atoms with Crippen LogP contribution in [0.25, 0.3) is 11.4 Å². The third kappa shape index (κ3) is 5.24. The Labute approximate surface area is 204 Å². The molecule has 10 heteroatoms. The van der Waals surface area contributed by atoms with Crippen LogP contribution in [0.2, 0.25) is 0 Å². The second-order valence-electron chi connectivity index (χ2n) is 7.72. The van der Waals surface area contributed by atoms with Crippen LogP contribution in [-0.4, -0.2) is 45.7 Å². The standard InChI is InChI=1S/C24H27N5O3S2/c1-4-28(5-2)34(30,31)22-13-9-12-20(15-22)23-25-26-24(33-17-21-14-18(3)27-32-21)29(23)16-19-10-7-6-8-11-19/h6-15H,4-5,16-17H2,1-3H3. The number of aromatic nitrogens is 4. The lowest BCUT2D eigenvalue weighted by atomic mass is 10.2. The molecule has 2 heterocycles. The number of thioether (sulfide) groups is 1. The summed E-state index contributed by atoms with van der Waals surface area (Å²) in [7, 11) is -3.59. The van der Waals surface area contributed by atoms with Crippen molar-refractivity contribution in [2.45, 2.75) is 43.1 Å². The maximum Gasteiger partial charge on any atom is 0.243 e. The molecule has 0 aliphatic heterocycles. The van der Waals surface area contributed by atoms with Crippen LogP contribution in [0.4, 0.5) is 0 Å². The monoisotopic (exact) mass is 497 g/mol. The number of nitrogens with zero attached hydrogens (tertiary/aromatic N) is 5. The Morgan fingerprint density at radius 3 is 2.44 bits per heavy atom. The van der Waals surface area contributed by atoms with Crippen molar-refractivity contribution in [2.75, 3.05) is 13.1 Å². The summed E-state index contributed by atoms with van der Waals surface area (Å²) in [6.45, 7) is 6.92. The summed E-state index contributed by atoms with van der Waals surface area (Å²) in [5, 5.41) is 13.5. The maximum absolute atomic E-state index is 13.1. The molecule has 0 radical (unpaired) electrons. The number of hydrogen-bond acceptors (Lipinski definition) is 7. The fourth-order valence-electron chi connectivity index (χ4n) is 3.65. The van der Waals surface area contributed by atoms with Gasteiger partial charge < -0.3 is 4.52 Å². The second kappa shape index (κ2) is 10.5. The van der Waals surface area contributed by atoms with Gasteiger partial charge in [-0.25, -0.2) is 8.42 Å². The summed E-state index contributed by atoms with van der Waals surface area (Å²) in [4.78, 5) is 0.245. The van der Waals surface area contributed by atoms with Gasteiger partial charge in [0.2, 0.25) is 10.0 Å². The van der Waals surface area contributed by atoms with E-state index in [1.165, 1.54) is 16.1 Å². The molecule has 0 atom stereocenters. The zero-order chi connectivity index (χ0) is 24.1. The number of rotatable bonds is 10. The minimum Gasteiger partial charge on any atom is -0.360 e. The average molecular weight is 498 g/mol. The zero-order valence-corrected chi connectivity index (χ0v) is 21.0. The molecule has 0 aliphatic carbocycles. The lowest BCUT2D eigenvalue weighted by Gasteiger charge is -2.19. The summed E-state index contributed by atoms with van der Waals surface area (Å²) in [5.74, 6) is 1.92. The Bertz CT molecular complexity index is 1350. The topological polar surface area (TPSA) is 94.1 Å². The zero-order valence-electron chi connectivity index (χ0n) is 19.4. The van der Waals surface area contributed by atoms with Gasteiger partial charge in [0.15, 0.2) is 11.0 Å². The lowest BCUT2D eigenvalue weighted by Crippen LogP contribution is -2.30. The predicted molar refractivity (Wildman–Crippen MR) is 132 cm³/mol. The minimum atomic E-state index is -3.59. The number of benzene rings is 2. The first-order valence-electron chi connectivity index (χ1n) is 11.0. The van der Waals surface area contributed by atoms with Crippen molar-refractivity contribution in [3.8, 4) is 11.4 Å². The van der Waals surface area contributed by atoms with Crippen molar-refractivity contribution in [1.29, 1.82) is 0 Å². The van der Waals surface area contributed by atoms with E-state index in [1.54, 1.807) is 18.2 Å². The molecule has 0 amide bonds. The quantitative estimate of drug-likeness (QED) is 0.295. The maximum atomic E-state index is 13.1. The highest BCUT2D eigenvalue weighted by Crippen LogP contribution is 2.29. The van der Waals surface area contributed by atoms with Crippen LogP contribution in [0.5, 0.6) is 0 Å². The first kappa shape index (κ1) is 24.2. The highest BCUT2D eigenvalue weighted by Gasteiger charge is 2.23. The van der Waals surface area contributed by atoms with E-state index in [0.717, 1.165) is 17.0 Å². The van der Waals surface area contributed by atoms with Crippen molar-refractivity contribution in [2.24, 2.45) is 0 Å². The summed E-state index contributed by atoms with van der Waals surface area (Å²) in [5.41, 5.74) is 2.61. The van der Waals surface area contributed by atoms with Gasteiger partial charge in [-0.2, -0.15) is 4.31 Å². The molecule has 0 unspecified atom stereocenters. The Balaban J connectivity index is 1.72. The van der Waals surface area contributed by atoms with E-state index in [2.05, 4.69) is 15.4 Å². The lowest BCUT2D eigenvalue weighted by molar-refractivity contribution is 0.391. The van der Waals surface area contributed by atoms with Gasteiger partial charge >= 0.3 is 0 Å². The summed E-state index contributed by atoms with van der Waals surface area (Å²) in [6, 6.07) is 18.8. The van der Waals surface area contributed by atoms with Gasteiger partial charge in [0.25, 0.3) is 0 Å². The molecule has 2 aromatic carbocycles. The minimum absolute atomic E-state index is 0.245. The number of sulfonamides is 1. The Kier molecular flexibility index (Phi) is 7.50. The van der Waals surface area contributed by atoms with Crippen molar-refractivity contribution in [3.63, 3.8) is 0 Å². The fraction of sp³-hybridized carbons (Fsp3) is 0.292. The fourth-order valence-corrected chi connectivity index (χ4v) is 5.96. The molecule has 2 aromatic heterocycles. The van der Waals surface area contributed by atoms with Crippen molar-refractivity contribution < 1.29 is 12.9 Å². The van der Waals surface area contributed by atoms with E-state index in [9.17, 15) is 8.42 Å². The molecule has 0 saturated heterocycles. The SMILES string of the molecule is CCN(CC)S(=O)(=O)c1cccc(-c2nnc(SCc3cc(C)no3)n2Cc2ccccc2)c1. The van der Waals surface area contributed by atoms with Crippen molar-refractivity contribution >= 4 is 21.8 Å². The van der Waals surface area contributed by atoms with E-state index < -0.39 is 10.0 Å². The van der Waals surface area contributed by atoms with Gasteiger partial charge in [-0.05, 0) is 24.6 Å². The molecule has 0 aliphatic rings. The predicted octanol–water partition coefficient (Wildman–Crippen LogP) is 4.61. The molecule has 178 valence electrons. The number of aryl methyl sites for hydroxylation is 1. The van der Waals surface area contributed by atoms with Crippen LogP contribution in [0.15, 0.2) is 75.2 Å². The van der Waals surface area contributed by atoms with Gasteiger partial charge in [0.1, 0.15) is 5.76 Å². The van der Waals surface area contributed by atoms with E-state index >= 15 is 0 Å². The summed E-state index contributed by atoms with van der Waals surface area (Å²) >= 11 is 1.50. The van der Waals surface area contributed by atoms with Gasteiger partial charge in [-0.1, -0.05) is 73.2 Å². The van der Waals surface area contributed by atoms with Crippen LogP contribution in [0, 0.1) is 6.92 Å². The molecule has 0 bridgehead atoms. The van der Waals surface area contributed by atoms with Crippen molar-refractivity contribution in [1.82, 2.24) is 24.2 Å². The number of hydrogen-bond donors (Lipinski definition) is 0. The Morgan fingerprint density at radius 1 is 1.00 bits per heavy atom. The molecule has 8 nitrogen and oxygen atoms in total. The molecular weight excluding hydrogens is 470 g/mol. The third-order valence-electron chi connectivity index (χ3n) is 5.36. The van der Waals surface area contributed by atoms with Crippen LogP contribution in [-0.2, 0) is 22.3 Å². The summed E-state index contributed by atoms with van der Waals surface area (Å²) in [6.07, 6.45) is 0. The van der Waals surface area contributed by atoms with E-state index in [4.69, 9.17) is 4.52 Å². The molecule has 0 fully saturated rings. The summed E-state index contributed by atoms with van der Waals surface area (Å²) < 4.78 is 35.0. The average Bonchev–Trinajstić information content (AvgIpc) is 3.44. The van der Waals surface area contributed by atoms with Gasteiger partial charge in [0, 0.05) is 24.7 Å². The normalized spacial score (nSPS) is 11.9. The molecule has 0 saturated carbocycles. The Hall–Kier alpha value is -2.95. The van der Waals surface area contributed by atoms with E-state index in [-0.39, 0.29) is 4.90 Å². The van der Waals surface area contributed by atoms with Gasteiger partial charge in [-0.3, -0.25) is 4.57 Å². The molecule has 34 heavy (non-hydrogen) atoms. The molecular formula is C24H27N5O3S2. The molecule has 0 N–H and O–H groups in total. The molecule has 4 rings (SSSR count). The first-order chi connectivity index (χ1) is 16.4. The highest BCUT2D eigenvalue weighted by molar-refractivity contribution is 7.98. The van der Waals surface area contributed by atoms with Crippen molar-refractivity contribution in [3.05, 3.63) is 77.7 Å². The van der Waals surface area contributed by atoms with Crippen LogP contribution in [0.1, 0.15) is 30.9 Å². The van der Waals surface area contributed by atoms with Gasteiger partial charge in [-0.15, -0.1) is 10.2 Å². The van der Waals surface area contributed by atoms with E-state index in [1.807, 2.05) is 67.8 Å². The second-order valence-corrected chi connectivity index (χ2v) is 10.6. The largest absolute Gasteiger partial charge is 0.360 e. The van der Waals surface area contributed by atoms with E-state index in [0.29, 0.717) is 41.9 Å². The molecule has 4 aromatic rings. The molecule has 0 spiro atoms. The first-order valence-corrected chi connectivity index (χ1v) is 13.5. The van der Waals surface area contributed by atoms with Crippen LogP contribution in [0.3, 0.4) is 0 Å². The third-order valence-corrected chi connectivity index (χ3v) is 8.39. The Morgan fingerprint density at radius 2 is 1.76 bits per heavy atom. The smallest absolute Gasteiger partial charge is 0.243 e. The van der Waals surface area contributed by atoms with Crippen LogP contribution < -0.4 is 0 Å². The van der Waals surface area contributed by atoms with Crippen LogP contribution >= 0.6 is 11.8 Å².